The van der Waals surface area contributed by atoms with E-state index in [0.717, 1.165) is 27.8 Å². The number of carbonyl (C=O) groups is 2. The van der Waals surface area contributed by atoms with Gasteiger partial charge in [-0.05, 0) is 27.8 Å². The number of ether oxygens (including phenoxy) is 1. The van der Waals surface area contributed by atoms with Crippen LogP contribution in [0.15, 0.2) is 85.1 Å². The first-order chi connectivity index (χ1) is 16.6. The highest BCUT2D eigenvalue weighted by Crippen LogP contribution is 2.44. The molecule has 1 aliphatic rings. The van der Waals surface area contributed by atoms with Gasteiger partial charge in [-0.1, -0.05) is 78.9 Å². The second-order valence-electron chi connectivity index (χ2n) is 8.16. The fourth-order valence-corrected chi connectivity index (χ4v) is 4.43. The van der Waals surface area contributed by atoms with Crippen LogP contribution in [0.25, 0.3) is 11.1 Å². The maximum absolute atomic E-state index is 12.5. The highest BCUT2D eigenvalue weighted by Gasteiger charge is 2.29. The molecule has 1 aromatic heterocycles. The van der Waals surface area contributed by atoms with Gasteiger partial charge in [0, 0.05) is 12.1 Å². The average molecular weight is 453 g/mol. The fourth-order valence-electron chi connectivity index (χ4n) is 4.43. The lowest BCUT2D eigenvalue weighted by atomic mass is 9.98. The lowest BCUT2D eigenvalue weighted by Crippen LogP contribution is -2.26. The number of hydrogen-bond acceptors (Lipinski definition) is 4. The summed E-state index contributed by atoms with van der Waals surface area (Å²) >= 11 is 0. The minimum absolute atomic E-state index is 0.0416. The number of carboxylic acids is 1. The Labute approximate surface area is 196 Å². The van der Waals surface area contributed by atoms with Crippen LogP contribution >= 0.6 is 0 Å². The number of aromatic nitrogens is 2. The molecule has 7 nitrogen and oxygen atoms in total. The van der Waals surface area contributed by atoms with Crippen molar-refractivity contribution in [2.45, 2.75) is 19.0 Å². The molecule has 1 amide bonds. The molecule has 34 heavy (non-hydrogen) atoms. The number of aromatic carboxylic acids is 1. The van der Waals surface area contributed by atoms with Crippen molar-refractivity contribution in [3.63, 3.8) is 0 Å². The van der Waals surface area contributed by atoms with Crippen molar-refractivity contribution in [1.29, 1.82) is 0 Å². The summed E-state index contributed by atoms with van der Waals surface area (Å²) in [5.74, 6) is -1.14. The number of amides is 1. The quantitative estimate of drug-likeness (QED) is 0.424. The Hall–Kier alpha value is -4.39. The van der Waals surface area contributed by atoms with Gasteiger partial charge in [-0.3, -0.25) is 4.68 Å². The molecule has 0 unspecified atom stereocenters. The zero-order valence-electron chi connectivity index (χ0n) is 18.3. The minimum atomic E-state index is -1.09. The van der Waals surface area contributed by atoms with Gasteiger partial charge in [0.15, 0.2) is 0 Å². The van der Waals surface area contributed by atoms with Crippen LogP contribution in [0, 0.1) is 0 Å². The number of fused-ring (bicyclic) bond motifs is 3. The Bertz CT molecular complexity index is 1300. The third-order valence-electron chi connectivity index (χ3n) is 6.00. The van der Waals surface area contributed by atoms with E-state index in [-0.39, 0.29) is 30.3 Å². The van der Waals surface area contributed by atoms with Crippen molar-refractivity contribution in [2.24, 2.45) is 0 Å². The van der Waals surface area contributed by atoms with Crippen LogP contribution in [0.1, 0.15) is 38.7 Å². The van der Waals surface area contributed by atoms with Gasteiger partial charge in [0.2, 0.25) is 0 Å². The summed E-state index contributed by atoms with van der Waals surface area (Å²) < 4.78 is 7.10. The zero-order chi connectivity index (χ0) is 23.5. The first-order valence-electron chi connectivity index (χ1n) is 11.0. The number of alkyl carbamates (subject to hydrolysis) is 1. The molecular weight excluding hydrogens is 430 g/mol. The van der Waals surface area contributed by atoms with Crippen LogP contribution in [-0.4, -0.2) is 33.6 Å². The second kappa shape index (κ2) is 9.23. The van der Waals surface area contributed by atoms with E-state index < -0.39 is 12.1 Å². The minimum Gasteiger partial charge on any atom is -0.478 e. The van der Waals surface area contributed by atoms with Gasteiger partial charge in [0.05, 0.1) is 18.8 Å². The Morgan fingerprint density at radius 1 is 0.912 bits per heavy atom. The molecule has 0 saturated carbocycles. The van der Waals surface area contributed by atoms with E-state index in [1.807, 2.05) is 54.6 Å². The molecule has 170 valence electrons. The van der Waals surface area contributed by atoms with Crippen molar-refractivity contribution in [1.82, 2.24) is 15.1 Å². The third kappa shape index (κ3) is 4.28. The molecule has 0 fully saturated rings. The summed E-state index contributed by atoms with van der Waals surface area (Å²) in [6, 6.07) is 25.9. The predicted octanol–water partition coefficient (Wildman–Crippen LogP) is 4.67. The largest absolute Gasteiger partial charge is 0.478 e. The Kier molecular flexibility index (Phi) is 5.82. The molecule has 0 aliphatic heterocycles. The van der Waals surface area contributed by atoms with Gasteiger partial charge < -0.3 is 15.2 Å². The molecule has 0 saturated heterocycles. The van der Waals surface area contributed by atoms with E-state index in [2.05, 4.69) is 34.7 Å². The molecule has 0 bridgehead atoms. The van der Waals surface area contributed by atoms with E-state index in [4.69, 9.17) is 4.74 Å². The van der Waals surface area contributed by atoms with Crippen LogP contribution in [0.5, 0.6) is 0 Å². The zero-order valence-corrected chi connectivity index (χ0v) is 18.3. The predicted molar refractivity (Wildman–Crippen MR) is 127 cm³/mol. The molecular formula is C27H23N3O4. The number of benzene rings is 3. The van der Waals surface area contributed by atoms with Gasteiger partial charge in [-0.15, -0.1) is 0 Å². The van der Waals surface area contributed by atoms with E-state index in [1.54, 1.807) is 4.68 Å². The summed E-state index contributed by atoms with van der Waals surface area (Å²) in [6.07, 6.45) is 0.861. The third-order valence-corrected chi connectivity index (χ3v) is 6.00. The molecule has 3 aromatic carbocycles. The highest BCUT2D eigenvalue weighted by atomic mass is 16.5. The summed E-state index contributed by atoms with van der Waals surface area (Å²) in [6.45, 7) is 0.584. The molecule has 2 N–H and O–H groups in total. The van der Waals surface area contributed by atoms with Crippen molar-refractivity contribution >= 4 is 12.1 Å². The van der Waals surface area contributed by atoms with Crippen LogP contribution in [0.2, 0.25) is 0 Å². The summed E-state index contributed by atoms with van der Waals surface area (Å²) in [7, 11) is 0. The normalized spacial score (nSPS) is 12.1. The fraction of sp³-hybridized carbons (Fsp3) is 0.148. The van der Waals surface area contributed by atoms with Crippen LogP contribution in [-0.2, 0) is 17.8 Å². The van der Waals surface area contributed by atoms with E-state index in [0.29, 0.717) is 6.54 Å². The standard InChI is InChI=1S/C27H23N3O4/c31-26(32)23-16-30(15-18-8-2-1-3-9-18)29-25(23)14-28-27(33)34-17-24-21-12-6-4-10-19(21)20-11-5-7-13-22(20)24/h1-13,16,24H,14-15,17H2,(H,28,33)(H,31,32). The van der Waals surface area contributed by atoms with Crippen molar-refractivity contribution in [3.05, 3.63) is 113 Å². The first kappa shape index (κ1) is 21.5. The van der Waals surface area contributed by atoms with Crippen molar-refractivity contribution in [3.8, 4) is 11.1 Å². The number of hydrogen-bond donors (Lipinski definition) is 2. The van der Waals surface area contributed by atoms with Crippen LogP contribution < -0.4 is 5.32 Å². The second-order valence-corrected chi connectivity index (χ2v) is 8.16. The van der Waals surface area contributed by atoms with E-state index in [1.165, 1.54) is 6.20 Å². The Balaban J connectivity index is 1.24. The molecule has 1 heterocycles. The molecule has 5 rings (SSSR count). The van der Waals surface area contributed by atoms with Crippen molar-refractivity contribution in [2.75, 3.05) is 6.61 Å². The molecule has 0 atom stereocenters. The maximum atomic E-state index is 12.5. The Morgan fingerprint density at radius 3 is 2.18 bits per heavy atom. The number of nitrogens with zero attached hydrogens (tertiary/aromatic N) is 2. The Morgan fingerprint density at radius 2 is 1.53 bits per heavy atom. The van der Waals surface area contributed by atoms with Gasteiger partial charge >= 0.3 is 12.1 Å². The molecule has 0 radical (unpaired) electrons. The lowest BCUT2D eigenvalue weighted by Gasteiger charge is -2.14. The van der Waals surface area contributed by atoms with Crippen molar-refractivity contribution < 1.29 is 19.4 Å². The van der Waals surface area contributed by atoms with Gasteiger partial charge in [0.25, 0.3) is 0 Å². The smallest absolute Gasteiger partial charge is 0.407 e. The summed E-state index contributed by atoms with van der Waals surface area (Å²) in [5.41, 5.74) is 5.89. The van der Waals surface area contributed by atoms with Gasteiger partial charge in [-0.2, -0.15) is 5.10 Å². The monoisotopic (exact) mass is 453 g/mol. The number of carboxylic acid groups (broad SMARTS) is 1. The highest BCUT2D eigenvalue weighted by molar-refractivity contribution is 5.88. The topological polar surface area (TPSA) is 93.5 Å². The molecule has 0 spiro atoms. The molecule has 4 aromatic rings. The molecule has 7 heteroatoms. The van der Waals surface area contributed by atoms with Crippen LogP contribution in [0.4, 0.5) is 4.79 Å². The summed E-state index contributed by atoms with van der Waals surface area (Å²) in [5, 5.41) is 16.6. The van der Waals surface area contributed by atoms with E-state index >= 15 is 0 Å². The lowest BCUT2D eigenvalue weighted by molar-refractivity contribution is 0.0695. The average Bonchev–Trinajstić information content (AvgIpc) is 3.41. The number of rotatable bonds is 7. The van der Waals surface area contributed by atoms with Gasteiger partial charge in [0.1, 0.15) is 12.2 Å². The number of carbonyl (C=O) groups excluding carboxylic acids is 1. The van der Waals surface area contributed by atoms with Gasteiger partial charge in [-0.25, -0.2) is 9.59 Å². The molecule has 1 aliphatic carbocycles. The summed E-state index contributed by atoms with van der Waals surface area (Å²) in [4.78, 5) is 24.1. The van der Waals surface area contributed by atoms with E-state index in [9.17, 15) is 14.7 Å². The number of nitrogens with one attached hydrogen (secondary N) is 1. The first-order valence-corrected chi connectivity index (χ1v) is 11.0. The van der Waals surface area contributed by atoms with Crippen LogP contribution in [0.3, 0.4) is 0 Å². The maximum Gasteiger partial charge on any atom is 0.407 e. The SMILES string of the molecule is O=C(NCc1nn(Cc2ccccc2)cc1C(=O)O)OCC1c2ccccc2-c2ccccc21.